The number of rotatable bonds is 3. The summed E-state index contributed by atoms with van der Waals surface area (Å²) in [4.78, 5) is 7.75. The molecule has 18 heavy (non-hydrogen) atoms. The predicted molar refractivity (Wildman–Crippen MR) is 78.4 cm³/mol. The van der Waals surface area contributed by atoms with E-state index in [-0.39, 0.29) is 0 Å². The first-order chi connectivity index (χ1) is 8.65. The van der Waals surface area contributed by atoms with Crippen LogP contribution in [0.2, 0.25) is 0 Å². The van der Waals surface area contributed by atoms with Crippen LogP contribution in [-0.2, 0) is 12.8 Å². The standard InChI is InChI=1S/C15H18N2S/c1-4-11-6-8-12(9-7-11)14-10(3)15(18)17-13(5-2)16-14/h6-9H,4-5H2,1-3H3,(H,16,17,18). The molecule has 0 spiro atoms. The molecule has 0 bridgehead atoms. The number of H-pyrrole nitrogens is 1. The molecule has 0 amide bonds. The average Bonchev–Trinajstić information content (AvgIpc) is 2.42. The van der Waals surface area contributed by atoms with Crippen LogP contribution in [-0.4, -0.2) is 9.97 Å². The summed E-state index contributed by atoms with van der Waals surface area (Å²) < 4.78 is 0.695. The fourth-order valence-electron chi connectivity index (χ4n) is 1.94. The molecule has 0 atom stereocenters. The zero-order valence-corrected chi connectivity index (χ0v) is 11.9. The second-order valence-corrected chi connectivity index (χ2v) is 4.78. The van der Waals surface area contributed by atoms with Gasteiger partial charge in [0.15, 0.2) is 0 Å². The van der Waals surface area contributed by atoms with E-state index in [9.17, 15) is 0 Å². The van der Waals surface area contributed by atoms with E-state index in [0.29, 0.717) is 4.64 Å². The number of aryl methyl sites for hydroxylation is 2. The van der Waals surface area contributed by atoms with Crippen molar-refractivity contribution in [3.8, 4) is 11.3 Å². The van der Waals surface area contributed by atoms with Crippen LogP contribution >= 0.6 is 12.2 Å². The van der Waals surface area contributed by atoms with Gasteiger partial charge >= 0.3 is 0 Å². The van der Waals surface area contributed by atoms with Crippen LogP contribution in [0.15, 0.2) is 24.3 Å². The molecule has 1 N–H and O–H groups in total. The van der Waals surface area contributed by atoms with Gasteiger partial charge in [-0.25, -0.2) is 4.98 Å². The minimum atomic E-state index is 0.695. The number of nitrogens with zero attached hydrogens (tertiary/aromatic N) is 1. The van der Waals surface area contributed by atoms with Crippen molar-refractivity contribution in [3.63, 3.8) is 0 Å². The Balaban J connectivity index is 2.55. The van der Waals surface area contributed by atoms with Gasteiger partial charge in [-0.15, -0.1) is 0 Å². The Bertz CT molecular complexity index is 597. The van der Waals surface area contributed by atoms with Crippen molar-refractivity contribution in [2.75, 3.05) is 0 Å². The molecule has 0 aliphatic heterocycles. The van der Waals surface area contributed by atoms with Gasteiger partial charge in [0.1, 0.15) is 10.5 Å². The average molecular weight is 258 g/mol. The van der Waals surface area contributed by atoms with Gasteiger partial charge in [-0.3, -0.25) is 0 Å². The first kappa shape index (κ1) is 13.0. The Hall–Kier alpha value is -1.48. The minimum Gasteiger partial charge on any atom is -0.343 e. The summed E-state index contributed by atoms with van der Waals surface area (Å²) in [5.41, 5.74) is 4.66. The number of nitrogens with one attached hydrogen (secondary N) is 1. The molecule has 94 valence electrons. The number of hydrogen-bond acceptors (Lipinski definition) is 2. The predicted octanol–water partition coefficient (Wildman–Crippen LogP) is 4.24. The number of hydrogen-bond donors (Lipinski definition) is 1. The highest BCUT2D eigenvalue weighted by molar-refractivity contribution is 7.71. The normalized spacial score (nSPS) is 10.6. The fraction of sp³-hybridized carbons (Fsp3) is 0.333. The van der Waals surface area contributed by atoms with E-state index >= 15 is 0 Å². The second-order valence-electron chi connectivity index (χ2n) is 4.39. The molecule has 0 fully saturated rings. The van der Waals surface area contributed by atoms with Gasteiger partial charge in [-0.1, -0.05) is 50.3 Å². The highest BCUT2D eigenvalue weighted by Gasteiger charge is 2.06. The minimum absolute atomic E-state index is 0.695. The van der Waals surface area contributed by atoms with Crippen molar-refractivity contribution < 1.29 is 0 Å². The van der Waals surface area contributed by atoms with Crippen LogP contribution in [0.1, 0.15) is 30.8 Å². The van der Waals surface area contributed by atoms with Crippen molar-refractivity contribution in [3.05, 3.63) is 45.9 Å². The monoisotopic (exact) mass is 258 g/mol. The maximum Gasteiger partial charge on any atom is 0.133 e. The van der Waals surface area contributed by atoms with Crippen molar-refractivity contribution in [2.45, 2.75) is 33.6 Å². The zero-order chi connectivity index (χ0) is 13.1. The van der Waals surface area contributed by atoms with Crippen LogP contribution in [0.3, 0.4) is 0 Å². The van der Waals surface area contributed by atoms with Crippen LogP contribution in [0.5, 0.6) is 0 Å². The summed E-state index contributed by atoms with van der Waals surface area (Å²) in [6, 6.07) is 8.62. The van der Waals surface area contributed by atoms with Crippen molar-refractivity contribution in [1.29, 1.82) is 0 Å². The molecule has 0 unspecified atom stereocenters. The molecule has 2 aromatic rings. The lowest BCUT2D eigenvalue weighted by molar-refractivity contribution is 0.926. The topological polar surface area (TPSA) is 28.7 Å². The second kappa shape index (κ2) is 5.44. The largest absolute Gasteiger partial charge is 0.343 e. The quantitative estimate of drug-likeness (QED) is 0.834. The fourth-order valence-corrected chi connectivity index (χ4v) is 2.15. The van der Waals surface area contributed by atoms with Crippen molar-refractivity contribution in [1.82, 2.24) is 9.97 Å². The van der Waals surface area contributed by atoms with Gasteiger partial charge in [0.25, 0.3) is 0 Å². The van der Waals surface area contributed by atoms with Crippen LogP contribution in [0.25, 0.3) is 11.3 Å². The first-order valence-corrected chi connectivity index (χ1v) is 6.75. The Morgan fingerprint density at radius 2 is 1.78 bits per heavy atom. The lowest BCUT2D eigenvalue weighted by Gasteiger charge is -2.09. The van der Waals surface area contributed by atoms with Gasteiger partial charge in [-0.05, 0) is 24.5 Å². The van der Waals surface area contributed by atoms with E-state index in [1.165, 1.54) is 11.1 Å². The lowest BCUT2D eigenvalue weighted by Crippen LogP contribution is -1.99. The first-order valence-electron chi connectivity index (χ1n) is 6.34. The molecule has 1 aromatic heterocycles. The SMILES string of the molecule is CCc1ccc(-c2[nH]c(CC)nc(=S)c2C)cc1. The third-order valence-electron chi connectivity index (χ3n) is 3.19. The summed E-state index contributed by atoms with van der Waals surface area (Å²) in [5, 5.41) is 0. The molecule has 1 aromatic carbocycles. The number of benzene rings is 1. The van der Waals surface area contributed by atoms with Crippen LogP contribution in [0.4, 0.5) is 0 Å². The summed E-state index contributed by atoms with van der Waals surface area (Å²) in [7, 11) is 0. The highest BCUT2D eigenvalue weighted by Crippen LogP contribution is 2.22. The van der Waals surface area contributed by atoms with E-state index in [2.05, 4.69) is 48.1 Å². The molecular formula is C15H18N2S. The maximum absolute atomic E-state index is 5.31. The number of aromatic amines is 1. The van der Waals surface area contributed by atoms with E-state index in [1.807, 2.05) is 6.92 Å². The zero-order valence-electron chi connectivity index (χ0n) is 11.1. The third-order valence-corrected chi connectivity index (χ3v) is 3.58. The van der Waals surface area contributed by atoms with Gasteiger partial charge in [-0.2, -0.15) is 0 Å². The lowest BCUT2D eigenvalue weighted by atomic mass is 10.0. The molecule has 0 saturated heterocycles. The molecule has 0 saturated carbocycles. The summed E-state index contributed by atoms with van der Waals surface area (Å²) in [5.74, 6) is 0.945. The Labute approximate surface area is 113 Å². The van der Waals surface area contributed by atoms with Crippen LogP contribution < -0.4 is 0 Å². The van der Waals surface area contributed by atoms with E-state index < -0.39 is 0 Å². The Kier molecular flexibility index (Phi) is 3.92. The molecule has 0 aliphatic carbocycles. The van der Waals surface area contributed by atoms with Gasteiger partial charge in [0.2, 0.25) is 0 Å². The van der Waals surface area contributed by atoms with Gasteiger partial charge < -0.3 is 4.98 Å². The summed E-state index contributed by atoms with van der Waals surface area (Å²) in [6.07, 6.45) is 1.93. The molecule has 0 aliphatic rings. The summed E-state index contributed by atoms with van der Waals surface area (Å²) >= 11 is 5.31. The van der Waals surface area contributed by atoms with Crippen molar-refractivity contribution >= 4 is 12.2 Å². The smallest absolute Gasteiger partial charge is 0.133 e. The van der Waals surface area contributed by atoms with E-state index in [1.54, 1.807) is 0 Å². The highest BCUT2D eigenvalue weighted by atomic mass is 32.1. The molecule has 1 heterocycles. The molecular weight excluding hydrogens is 240 g/mol. The molecule has 3 heteroatoms. The molecule has 2 nitrogen and oxygen atoms in total. The van der Waals surface area contributed by atoms with Gasteiger partial charge in [0.05, 0.1) is 5.69 Å². The van der Waals surface area contributed by atoms with E-state index in [0.717, 1.165) is 29.9 Å². The van der Waals surface area contributed by atoms with Crippen LogP contribution in [0, 0.1) is 11.6 Å². The Morgan fingerprint density at radius 3 is 2.33 bits per heavy atom. The van der Waals surface area contributed by atoms with E-state index in [4.69, 9.17) is 12.2 Å². The van der Waals surface area contributed by atoms with Crippen molar-refractivity contribution in [2.24, 2.45) is 0 Å². The Morgan fingerprint density at radius 1 is 1.11 bits per heavy atom. The number of aromatic nitrogens is 2. The maximum atomic E-state index is 5.31. The molecule has 2 rings (SSSR count). The molecule has 0 radical (unpaired) electrons. The summed E-state index contributed by atoms with van der Waals surface area (Å²) in [6.45, 7) is 6.26. The van der Waals surface area contributed by atoms with Gasteiger partial charge in [0, 0.05) is 12.0 Å². The third kappa shape index (κ3) is 2.51.